The van der Waals surface area contributed by atoms with Gasteiger partial charge >= 0.3 is 7.12 Å². The van der Waals surface area contributed by atoms with Crippen molar-refractivity contribution in [1.82, 2.24) is 4.90 Å². The monoisotopic (exact) mass is 275 g/mol. The van der Waals surface area contributed by atoms with Crippen LogP contribution in [0.4, 0.5) is 0 Å². The summed E-state index contributed by atoms with van der Waals surface area (Å²) in [4.78, 5) is 2.53. The molecule has 1 saturated heterocycles. The summed E-state index contributed by atoms with van der Waals surface area (Å²) in [6, 6.07) is 7.61. The predicted molar refractivity (Wildman–Crippen MR) is 83.8 cm³/mol. The van der Waals surface area contributed by atoms with Crippen LogP contribution in [-0.4, -0.2) is 35.2 Å². The van der Waals surface area contributed by atoms with Crippen LogP contribution < -0.4 is 5.46 Å². The van der Waals surface area contributed by atoms with Gasteiger partial charge in [-0.05, 0) is 49.3 Å². The third-order valence-electron chi connectivity index (χ3n) is 4.32. The lowest BCUT2D eigenvalue weighted by molar-refractivity contribution is 0.271. The van der Waals surface area contributed by atoms with Crippen LogP contribution >= 0.6 is 0 Å². The first kappa shape index (κ1) is 15.6. The second-order valence-electron chi connectivity index (χ2n) is 5.98. The number of hydrogen-bond acceptors (Lipinski definition) is 3. The largest absolute Gasteiger partial charge is 0.488 e. The van der Waals surface area contributed by atoms with Gasteiger partial charge in [0.25, 0.3) is 0 Å². The van der Waals surface area contributed by atoms with Gasteiger partial charge in [-0.1, -0.05) is 44.0 Å². The van der Waals surface area contributed by atoms with Crippen molar-refractivity contribution in [3.05, 3.63) is 29.8 Å². The second kappa shape index (κ2) is 7.82. The maximum absolute atomic E-state index is 9.10. The Hall–Kier alpha value is -0.835. The summed E-state index contributed by atoms with van der Waals surface area (Å²) in [5, 5.41) is 18.2. The van der Waals surface area contributed by atoms with E-state index < -0.39 is 7.12 Å². The minimum Gasteiger partial charge on any atom is -0.423 e. The fraction of sp³-hybridized carbons (Fsp3) is 0.625. The lowest BCUT2D eigenvalue weighted by Gasteiger charge is -2.20. The van der Waals surface area contributed by atoms with Gasteiger partial charge in [0.05, 0.1) is 0 Å². The highest BCUT2D eigenvalue weighted by Gasteiger charge is 2.16. The van der Waals surface area contributed by atoms with Gasteiger partial charge in [-0.3, -0.25) is 4.90 Å². The minimum atomic E-state index is -1.36. The van der Waals surface area contributed by atoms with Crippen LogP contribution in [0, 0.1) is 5.92 Å². The van der Waals surface area contributed by atoms with Crippen LogP contribution in [0.5, 0.6) is 0 Å². The first-order chi connectivity index (χ1) is 9.69. The molecule has 0 saturated carbocycles. The van der Waals surface area contributed by atoms with Crippen molar-refractivity contribution in [1.29, 1.82) is 0 Å². The molecule has 1 aliphatic heterocycles. The third kappa shape index (κ3) is 4.62. The summed E-state index contributed by atoms with van der Waals surface area (Å²) in [5.74, 6) is 0.914. The summed E-state index contributed by atoms with van der Waals surface area (Å²) < 4.78 is 0. The fourth-order valence-corrected chi connectivity index (χ4v) is 3.13. The maximum atomic E-state index is 9.10. The Balaban J connectivity index is 1.86. The predicted octanol–water partition coefficient (Wildman–Crippen LogP) is 1.77. The molecule has 0 amide bonds. The number of benzene rings is 1. The average Bonchev–Trinajstić information content (AvgIpc) is 2.66. The van der Waals surface area contributed by atoms with Gasteiger partial charge in [-0.15, -0.1) is 0 Å². The van der Waals surface area contributed by atoms with Crippen molar-refractivity contribution in [3.8, 4) is 0 Å². The van der Waals surface area contributed by atoms with Gasteiger partial charge in [0.2, 0.25) is 0 Å². The molecule has 0 radical (unpaired) electrons. The van der Waals surface area contributed by atoms with E-state index in [1.807, 2.05) is 12.1 Å². The molecule has 1 aliphatic rings. The number of hydrogen-bond donors (Lipinski definition) is 2. The summed E-state index contributed by atoms with van der Waals surface area (Å²) in [7, 11) is -1.36. The Morgan fingerprint density at radius 3 is 2.55 bits per heavy atom. The van der Waals surface area contributed by atoms with Crippen molar-refractivity contribution in [2.75, 3.05) is 13.1 Å². The molecule has 0 aromatic heterocycles. The van der Waals surface area contributed by atoms with Gasteiger partial charge in [0, 0.05) is 6.54 Å². The molecule has 2 rings (SSSR count). The van der Waals surface area contributed by atoms with E-state index in [2.05, 4.69) is 11.8 Å². The average molecular weight is 275 g/mol. The Labute approximate surface area is 122 Å². The van der Waals surface area contributed by atoms with Crippen molar-refractivity contribution in [3.63, 3.8) is 0 Å². The molecule has 0 bridgehead atoms. The molecular weight excluding hydrogens is 249 g/mol. The van der Waals surface area contributed by atoms with Crippen molar-refractivity contribution >= 4 is 12.6 Å². The van der Waals surface area contributed by atoms with Crippen LogP contribution in [0.1, 0.15) is 44.6 Å². The fourth-order valence-electron chi connectivity index (χ4n) is 3.13. The number of rotatable bonds is 5. The number of nitrogens with zero attached hydrogens (tertiary/aromatic N) is 1. The van der Waals surface area contributed by atoms with E-state index in [1.165, 1.54) is 50.8 Å². The molecule has 2 N–H and O–H groups in total. The molecule has 1 heterocycles. The normalized spacial score (nSPS) is 20.6. The lowest BCUT2D eigenvalue weighted by atomic mass is 9.80. The number of likely N-dealkylation sites (tertiary alicyclic amines) is 1. The molecule has 4 heteroatoms. The van der Waals surface area contributed by atoms with E-state index in [-0.39, 0.29) is 0 Å². The molecule has 0 spiro atoms. The van der Waals surface area contributed by atoms with E-state index in [0.717, 1.165) is 12.5 Å². The Morgan fingerprint density at radius 2 is 1.90 bits per heavy atom. The first-order valence-electron chi connectivity index (χ1n) is 7.86. The molecule has 3 nitrogen and oxygen atoms in total. The minimum absolute atomic E-state index is 0.563. The van der Waals surface area contributed by atoms with Crippen LogP contribution in [0.3, 0.4) is 0 Å². The molecule has 1 fully saturated rings. The second-order valence-corrected chi connectivity index (χ2v) is 5.98. The third-order valence-corrected chi connectivity index (χ3v) is 4.32. The van der Waals surface area contributed by atoms with Gasteiger partial charge in [-0.2, -0.15) is 0 Å². The van der Waals surface area contributed by atoms with Crippen LogP contribution in [0.25, 0.3) is 0 Å². The van der Waals surface area contributed by atoms with E-state index in [0.29, 0.717) is 5.46 Å². The zero-order chi connectivity index (χ0) is 14.4. The van der Waals surface area contributed by atoms with E-state index in [1.54, 1.807) is 12.1 Å². The van der Waals surface area contributed by atoms with Crippen molar-refractivity contribution < 1.29 is 10.0 Å². The van der Waals surface area contributed by atoms with Gasteiger partial charge in [0.15, 0.2) is 0 Å². The molecule has 110 valence electrons. The molecular formula is C16H26BNO2. The van der Waals surface area contributed by atoms with E-state index in [9.17, 15) is 0 Å². The molecule has 1 aromatic rings. The van der Waals surface area contributed by atoms with Gasteiger partial charge in [-0.25, -0.2) is 0 Å². The highest BCUT2D eigenvalue weighted by molar-refractivity contribution is 6.58. The summed E-state index contributed by atoms with van der Waals surface area (Å²) in [5.41, 5.74) is 1.82. The van der Waals surface area contributed by atoms with Crippen molar-refractivity contribution in [2.45, 2.75) is 45.6 Å². The summed E-state index contributed by atoms with van der Waals surface area (Å²) in [6.45, 7) is 5.63. The van der Waals surface area contributed by atoms with E-state index in [4.69, 9.17) is 10.0 Å². The maximum Gasteiger partial charge on any atom is 0.488 e. The quantitative estimate of drug-likeness (QED) is 0.805. The summed E-state index contributed by atoms with van der Waals surface area (Å²) >= 11 is 0. The highest BCUT2D eigenvalue weighted by Crippen LogP contribution is 2.22. The molecule has 1 aromatic carbocycles. The first-order valence-corrected chi connectivity index (χ1v) is 7.86. The Morgan fingerprint density at radius 1 is 1.15 bits per heavy atom. The summed E-state index contributed by atoms with van der Waals surface area (Å²) in [6.07, 6.45) is 6.67. The van der Waals surface area contributed by atoms with Crippen molar-refractivity contribution in [2.24, 2.45) is 5.92 Å². The lowest BCUT2D eigenvalue weighted by Crippen LogP contribution is -2.30. The SMILES string of the molecule is CCCC1CCCN(Cc2ccc(B(O)O)cc2)CC1. The van der Waals surface area contributed by atoms with Gasteiger partial charge < -0.3 is 10.0 Å². The topological polar surface area (TPSA) is 43.7 Å². The van der Waals surface area contributed by atoms with Crippen LogP contribution in [0.15, 0.2) is 24.3 Å². The molecule has 1 unspecified atom stereocenters. The Kier molecular flexibility index (Phi) is 6.08. The van der Waals surface area contributed by atoms with E-state index >= 15 is 0 Å². The molecule has 0 aliphatic carbocycles. The zero-order valence-corrected chi connectivity index (χ0v) is 12.5. The Bertz CT molecular complexity index is 394. The van der Waals surface area contributed by atoms with Gasteiger partial charge in [0.1, 0.15) is 0 Å². The standard InChI is InChI=1S/C16H26BNO2/c1-2-4-14-5-3-11-18(12-10-14)13-15-6-8-16(9-7-15)17(19)20/h6-9,14,19-20H,2-5,10-13H2,1H3. The smallest absolute Gasteiger partial charge is 0.423 e. The zero-order valence-electron chi connectivity index (χ0n) is 12.5. The van der Waals surface area contributed by atoms with Crippen LogP contribution in [0.2, 0.25) is 0 Å². The highest BCUT2D eigenvalue weighted by atomic mass is 16.4. The molecule has 1 atom stereocenters. The van der Waals surface area contributed by atoms with Crippen LogP contribution in [-0.2, 0) is 6.54 Å². The molecule has 20 heavy (non-hydrogen) atoms.